The molecule has 0 bridgehead atoms. The number of fused-ring (bicyclic) bond motifs is 2. The zero-order valence-electron chi connectivity index (χ0n) is 63.9. The number of benzene rings is 3. The van der Waals surface area contributed by atoms with Gasteiger partial charge < -0.3 is 69.5 Å². The third kappa shape index (κ3) is 17.3. The van der Waals surface area contributed by atoms with Gasteiger partial charge in [-0.1, -0.05) is 46.4 Å². The van der Waals surface area contributed by atoms with Crippen LogP contribution in [-0.4, -0.2) is 157 Å². The van der Waals surface area contributed by atoms with E-state index in [2.05, 4.69) is 114 Å². The Bertz CT molecular complexity index is 4410. The highest BCUT2D eigenvalue weighted by atomic mass is 35.5. The molecule has 5 heterocycles. The molecule has 0 spiro atoms. The van der Waals surface area contributed by atoms with E-state index in [0.29, 0.717) is 85.3 Å². The fraction of sp³-hybridized carbons (Fsp3) is 0.556. The van der Waals surface area contributed by atoms with Crippen molar-refractivity contribution in [2.24, 2.45) is 0 Å². The quantitative estimate of drug-likeness (QED) is 0.0290. The molecule has 3 amide bonds. The van der Waals surface area contributed by atoms with Crippen LogP contribution in [0.25, 0.3) is 0 Å². The van der Waals surface area contributed by atoms with Gasteiger partial charge in [0.25, 0.3) is 17.7 Å². The van der Waals surface area contributed by atoms with Crippen LogP contribution in [0.1, 0.15) is 198 Å². The second-order valence-corrected chi connectivity index (χ2v) is 31.9. The second kappa shape index (κ2) is 35.1. The van der Waals surface area contributed by atoms with Gasteiger partial charge >= 0.3 is 0 Å². The van der Waals surface area contributed by atoms with E-state index < -0.39 is 17.2 Å². The number of nitrogens with one attached hydrogen (secondary N) is 5. The van der Waals surface area contributed by atoms with Crippen LogP contribution in [0, 0.1) is 33.5 Å². The third-order valence-electron chi connectivity index (χ3n) is 23.9. The first-order valence-electron chi connectivity index (χ1n) is 38.2. The first-order valence-corrected chi connectivity index (χ1v) is 39.7. The lowest BCUT2D eigenvalue weighted by atomic mass is 9.88. The van der Waals surface area contributed by atoms with Gasteiger partial charge in [-0.25, -0.2) is 4.39 Å². The monoisotopic (exact) mass is 1530 g/mol. The number of methoxy groups -OCH3 is 1. The van der Waals surface area contributed by atoms with Gasteiger partial charge in [0.2, 0.25) is 5.43 Å². The third-order valence-corrected chi connectivity index (χ3v) is 25.0. The first kappa shape index (κ1) is 79.9. The van der Waals surface area contributed by atoms with Crippen LogP contribution >= 0.6 is 46.4 Å². The van der Waals surface area contributed by atoms with Gasteiger partial charge in [0.1, 0.15) is 11.0 Å². The SMILES string of the molecule is CCN(c1cc(Cl)cc(C(=O)NCc2c(NCCN(C)C3CCC(N(CC)c4cc(Cl)cc(C(=O)NCc5c(OC)[nH]c(C)c(F)c5=O)c4C)CC3)n3c(cc2=O)CCC3)c1C)C1CCC(N(C)CC2CCc3cc(=O)c(CNC(=O)c4cc(Cl)cc(N(CC)C5CCC(N(C)C)CC5)c4C)c(Cl)n32)CC1. The number of hydrogen-bond donors (Lipinski definition) is 5. The Labute approximate surface area is 644 Å². The molecule has 2 aliphatic heterocycles. The van der Waals surface area contributed by atoms with Crippen molar-refractivity contribution in [3.63, 3.8) is 0 Å². The standard InChI is InChI=1S/C81H108Cl4FN13O7/c1-13-95(57-24-18-54(19-25-57)92(8)9)69-38-51(82)35-63(47(69)4)78(103)88-43-66-72(100)42-61-30-31-62(99(61)76(66)85)46-94(11)56-22-28-59(29-23-56)97(15-3)70-39-52(83)36-64(48(70)5)79(104)89-44-67-73(101)41-60-17-16-33-98(60)77(67)87-32-34-93(10)55-20-26-58(27-21-55)96(14-2)71-40-53(84)37-65(49(71)6)80(105)90-45-68-75(102)74(86)50(7)91-81(68)106-12/h35-42,54-59,62,87H,13-34,43-46H2,1-12H3,(H,88,103)(H,89,104)(H,90,105)(H,91,102). The zero-order chi connectivity index (χ0) is 76.1. The van der Waals surface area contributed by atoms with Gasteiger partial charge in [0, 0.05) is 167 Å². The fourth-order valence-corrected chi connectivity index (χ4v) is 18.9. The summed E-state index contributed by atoms with van der Waals surface area (Å²) in [5, 5.41) is 14.4. The van der Waals surface area contributed by atoms with Gasteiger partial charge in [-0.3, -0.25) is 28.8 Å². The summed E-state index contributed by atoms with van der Waals surface area (Å²) in [7, 11) is 10.0. The van der Waals surface area contributed by atoms with Gasteiger partial charge in [-0.2, -0.15) is 0 Å². The van der Waals surface area contributed by atoms with Crippen LogP contribution in [0.15, 0.2) is 62.9 Å². The molecule has 0 radical (unpaired) electrons. The Morgan fingerprint density at radius 3 is 1.43 bits per heavy atom. The predicted molar refractivity (Wildman–Crippen MR) is 427 cm³/mol. The highest BCUT2D eigenvalue weighted by Gasteiger charge is 2.36. The minimum absolute atomic E-state index is 0.0120. The summed E-state index contributed by atoms with van der Waals surface area (Å²) in [5.41, 5.74) is 8.17. The molecule has 3 aliphatic carbocycles. The molecule has 106 heavy (non-hydrogen) atoms. The number of aryl methyl sites for hydroxylation is 3. The van der Waals surface area contributed by atoms with E-state index in [1.165, 1.54) is 14.0 Å². The smallest absolute Gasteiger partial charge is 0.251 e. The number of amides is 3. The van der Waals surface area contributed by atoms with E-state index in [-0.39, 0.29) is 77.6 Å². The number of pyridine rings is 3. The number of carbonyl (C=O) groups excluding carboxylic acids is 3. The number of hydrogen-bond acceptors (Lipinski definition) is 14. The molecule has 6 aromatic rings. The molecule has 3 fully saturated rings. The summed E-state index contributed by atoms with van der Waals surface area (Å²) in [6.45, 7) is 18.5. The van der Waals surface area contributed by atoms with E-state index in [0.717, 1.165) is 186 Å². The average Bonchev–Trinajstić information content (AvgIpc) is 1.49. The number of carbonyl (C=O) groups is 3. The lowest BCUT2D eigenvalue weighted by Crippen LogP contribution is -2.44. The van der Waals surface area contributed by atoms with E-state index >= 15 is 0 Å². The number of aromatic amines is 1. The Morgan fingerprint density at radius 2 is 0.972 bits per heavy atom. The van der Waals surface area contributed by atoms with Crippen molar-refractivity contribution in [2.45, 2.75) is 220 Å². The predicted octanol–water partition coefficient (Wildman–Crippen LogP) is 13.6. The van der Waals surface area contributed by atoms with E-state index in [4.69, 9.17) is 51.1 Å². The maximum atomic E-state index is 14.6. The Kier molecular flexibility index (Phi) is 26.4. The summed E-state index contributed by atoms with van der Waals surface area (Å²) in [4.78, 5) is 100. The van der Waals surface area contributed by atoms with E-state index in [1.54, 1.807) is 30.3 Å². The molecule has 0 saturated heterocycles. The van der Waals surface area contributed by atoms with Crippen molar-refractivity contribution >= 4 is 87.0 Å². The van der Waals surface area contributed by atoms with Crippen LogP contribution < -0.4 is 57.0 Å². The largest absolute Gasteiger partial charge is 0.482 e. The Hall–Kier alpha value is -7.11. The minimum Gasteiger partial charge on any atom is -0.482 e. The Morgan fingerprint density at radius 1 is 0.547 bits per heavy atom. The highest BCUT2D eigenvalue weighted by molar-refractivity contribution is 6.32. The van der Waals surface area contributed by atoms with Crippen LogP contribution in [0.4, 0.5) is 27.3 Å². The highest BCUT2D eigenvalue weighted by Crippen LogP contribution is 2.40. The van der Waals surface area contributed by atoms with Crippen molar-refractivity contribution in [3.05, 3.63) is 172 Å². The summed E-state index contributed by atoms with van der Waals surface area (Å²) in [6, 6.07) is 16.3. The van der Waals surface area contributed by atoms with Crippen molar-refractivity contribution in [1.82, 2.24) is 44.8 Å². The number of halogens is 5. The van der Waals surface area contributed by atoms with E-state index in [9.17, 15) is 33.2 Å². The molecule has 5 N–H and O–H groups in total. The van der Waals surface area contributed by atoms with Gasteiger partial charge in [-0.05, 0) is 232 Å². The number of nitrogens with zero attached hydrogens (tertiary/aromatic N) is 8. The van der Waals surface area contributed by atoms with Crippen molar-refractivity contribution in [1.29, 1.82) is 0 Å². The van der Waals surface area contributed by atoms with Crippen molar-refractivity contribution in [3.8, 4) is 5.88 Å². The number of aromatic nitrogens is 3. The van der Waals surface area contributed by atoms with Crippen LogP contribution in [-0.2, 0) is 39.0 Å². The molecule has 3 saturated carbocycles. The number of H-pyrrole nitrogens is 1. The fourth-order valence-electron chi connectivity index (χ4n) is 17.9. The minimum atomic E-state index is -0.927. The maximum absolute atomic E-state index is 14.6. The van der Waals surface area contributed by atoms with Gasteiger partial charge in [0.05, 0.1) is 42.6 Å². The maximum Gasteiger partial charge on any atom is 0.251 e. The normalized spacial score (nSPS) is 20.0. The second-order valence-electron chi connectivity index (χ2n) is 30.2. The molecule has 1 atom stereocenters. The van der Waals surface area contributed by atoms with Crippen LogP contribution in [0.3, 0.4) is 0 Å². The molecule has 20 nitrogen and oxygen atoms in total. The average molecular weight is 1540 g/mol. The Balaban J connectivity index is 0.673. The molecular formula is C81H108Cl4FN13O7. The number of anilines is 4. The molecular weight excluding hydrogens is 1430 g/mol. The number of ether oxygens (including phenoxy) is 1. The lowest BCUT2D eigenvalue weighted by molar-refractivity contribution is 0.0941. The lowest BCUT2D eigenvalue weighted by Gasteiger charge is -2.41. The zero-order valence-corrected chi connectivity index (χ0v) is 66.9. The molecule has 3 aromatic heterocycles. The number of rotatable bonds is 28. The van der Waals surface area contributed by atoms with Crippen LogP contribution in [0.2, 0.25) is 20.2 Å². The molecule has 11 rings (SSSR count). The van der Waals surface area contributed by atoms with Gasteiger partial charge in [-0.15, -0.1) is 0 Å². The molecule has 3 aromatic carbocycles. The van der Waals surface area contributed by atoms with Crippen LogP contribution in [0.5, 0.6) is 5.88 Å². The van der Waals surface area contributed by atoms with Crippen molar-refractivity contribution in [2.75, 3.05) is 94.6 Å². The summed E-state index contributed by atoms with van der Waals surface area (Å²) < 4.78 is 24.2. The molecule has 5 aliphatic rings. The molecule has 574 valence electrons. The summed E-state index contributed by atoms with van der Waals surface area (Å²) >= 11 is 27.7. The first-order chi connectivity index (χ1) is 50.7. The van der Waals surface area contributed by atoms with E-state index in [1.807, 2.05) is 39.0 Å². The molecule has 1 unspecified atom stereocenters. The topological polar surface area (TPSA) is 205 Å². The number of likely N-dealkylation sites (N-methyl/N-ethyl adjacent to an activating group) is 2. The van der Waals surface area contributed by atoms with Gasteiger partial charge in [0.15, 0.2) is 22.6 Å². The van der Waals surface area contributed by atoms with Crippen molar-refractivity contribution < 1.29 is 23.5 Å². The summed E-state index contributed by atoms with van der Waals surface area (Å²) in [6.07, 6.45) is 15.2. The summed E-state index contributed by atoms with van der Waals surface area (Å²) in [5.74, 6) is -1.14. The molecule has 25 heteroatoms.